The molecule has 26 heavy (non-hydrogen) atoms. The first-order chi connectivity index (χ1) is 12.5. The summed E-state index contributed by atoms with van der Waals surface area (Å²) in [5.41, 5.74) is 5.11. The summed E-state index contributed by atoms with van der Waals surface area (Å²) >= 11 is 0. The van der Waals surface area contributed by atoms with E-state index in [4.69, 9.17) is 14.6 Å². The lowest BCUT2D eigenvalue weighted by atomic mass is 9.95. The lowest BCUT2D eigenvalue weighted by Gasteiger charge is -2.12. The number of aliphatic hydroxyl groups is 1. The summed E-state index contributed by atoms with van der Waals surface area (Å²) in [5.74, 6) is 0.399. The van der Waals surface area contributed by atoms with E-state index < -0.39 is 0 Å². The smallest absolute Gasteiger partial charge is 0.333 e. The maximum absolute atomic E-state index is 11.5. The summed E-state index contributed by atoms with van der Waals surface area (Å²) in [6.45, 7) is 7.97. The zero-order valence-corrected chi connectivity index (χ0v) is 15.5. The fourth-order valence-corrected chi connectivity index (χ4v) is 2.66. The van der Waals surface area contributed by atoms with Crippen LogP contribution in [0.5, 0.6) is 5.75 Å². The highest BCUT2D eigenvalue weighted by atomic mass is 16.5. The molecule has 0 aliphatic heterocycles. The fraction of sp³-hybridized carbons (Fsp3) is 0.318. The molecule has 2 aromatic carbocycles. The summed E-state index contributed by atoms with van der Waals surface area (Å²) in [4.78, 5) is 11.5. The number of carbonyl (C=O) groups excluding carboxylic acids is 1. The third-order valence-corrected chi connectivity index (χ3v) is 3.96. The lowest BCUT2D eigenvalue weighted by molar-refractivity contribution is -0.139. The van der Waals surface area contributed by atoms with Crippen LogP contribution in [-0.4, -0.2) is 30.9 Å². The molecular formula is C22H26O4. The zero-order valence-electron chi connectivity index (χ0n) is 15.5. The molecule has 0 amide bonds. The van der Waals surface area contributed by atoms with Gasteiger partial charge in [-0.05, 0) is 55.5 Å². The minimum Gasteiger partial charge on any atom is -0.491 e. The molecule has 0 saturated heterocycles. The molecule has 0 aliphatic rings. The van der Waals surface area contributed by atoms with Crippen LogP contribution in [0.2, 0.25) is 0 Å². The average molecular weight is 354 g/mol. The van der Waals surface area contributed by atoms with Gasteiger partial charge in [0.2, 0.25) is 0 Å². The second kappa shape index (κ2) is 9.78. The number of carbonyl (C=O) groups is 1. The van der Waals surface area contributed by atoms with Crippen molar-refractivity contribution in [3.63, 3.8) is 0 Å². The van der Waals surface area contributed by atoms with E-state index in [-0.39, 0.29) is 19.2 Å². The summed E-state index contributed by atoms with van der Waals surface area (Å²) in [6.07, 6.45) is 1.58. The molecule has 0 radical (unpaired) electrons. The lowest BCUT2D eigenvalue weighted by Crippen LogP contribution is -2.07. The normalized spacial score (nSPS) is 10.4. The summed E-state index contributed by atoms with van der Waals surface area (Å²) in [7, 11) is 0. The number of rotatable bonds is 9. The van der Waals surface area contributed by atoms with Crippen molar-refractivity contribution in [1.82, 2.24) is 0 Å². The van der Waals surface area contributed by atoms with E-state index in [1.165, 1.54) is 11.1 Å². The predicted molar refractivity (Wildman–Crippen MR) is 103 cm³/mol. The van der Waals surface area contributed by atoms with Gasteiger partial charge in [-0.1, -0.05) is 42.5 Å². The minimum atomic E-state index is -0.340. The molecule has 4 nitrogen and oxygen atoms in total. The number of aliphatic hydroxyl groups excluding tert-OH is 1. The molecular weight excluding hydrogens is 328 g/mol. The molecule has 0 aliphatic carbocycles. The monoisotopic (exact) mass is 354 g/mol. The largest absolute Gasteiger partial charge is 0.491 e. The molecule has 0 fully saturated rings. The summed E-state index contributed by atoms with van der Waals surface area (Å²) in [5, 5.41) is 8.83. The Morgan fingerprint density at radius 1 is 1.12 bits per heavy atom. The van der Waals surface area contributed by atoms with Gasteiger partial charge in [0, 0.05) is 5.57 Å². The van der Waals surface area contributed by atoms with Gasteiger partial charge in [-0.2, -0.15) is 0 Å². The molecule has 2 rings (SSSR count). The molecule has 0 aromatic heterocycles. The van der Waals surface area contributed by atoms with Crippen LogP contribution in [0.15, 0.2) is 54.6 Å². The molecule has 0 saturated carbocycles. The van der Waals surface area contributed by atoms with Gasteiger partial charge in [-0.3, -0.25) is 0 Å². The first-order valence-corrected chi connectivity index (χ1v) is 8.77. The van der Waals surface area contributed by atoms with Crippen molar-refractivity contribution in [3.8, 4) is 16.9 Å². The average Bonchev–Trinajstić information content (AvgIpc) is 2.64. The SMILES string of the molecule is C=C(C)C(=O)OCCCc1cc(C)ccc1-c1ccc(OCCO)cc1. The minimum absolute atomic E-state index is 0.000185. The van der Waals surface area contributed by atoms with Crippen LogP contribution in [0.3, 0.4) is 0 Å². The summed E-state index contributed by atoms with van der Waals surface area (Å²) < 4.78 is 10.6. The van der Waals surface area contributed by atoms with Gasteiger partial charge in [0.15, 0.2) is 0 Å². The van der Waals surface area contributed by atoms with Crippen molar-refractivity contribution in [2.45, 2.75) is 26.7 Å². The van der Waals surface area contributed by atoms with Crippen LogP contribution < -0.4 is 4.74 Å². The van der Waals surface area contributed by atoms with Gasteiger partial charge < -0.3 is 14.6 Å². The van der Waals surface area contributed by atoms with E-state index in [9.17, 15) is 4.79 Å². The first-order valence-electron chi connectivity index (χ1n) is 8.77. The Kier molecular flexibility index (Phi) is 7.42. The topological polar surface area (TPSA) is 55.8 Å². The number of ether oxygens (including phenoxy) is 2. The van der Waals surface area contributed by atoms with Crippen LogP contribution in [0.1, 0.15) is 24.5 Å². The van der Waals surface area contributed by atoms with Crippen molar-refractivity contribution in [3.05, 3.63) is 65.7 Å². The van der Waals surface area contributed by atoms with Crippen LogP contribution in [0.25, 0.3) is 11.1 Å². The highest BCUT2D eigenvalue weighted by Crippen LogP contribution is 2.27. The molecule has 2 aromatic rings. The highest BCUT2D eigenvalue weighted by Gasteiger charge is 2.08. The van der Waals surface area contributed by atoms with Crippen molar-refractivity contribution in [2.75, 3.05) is 19.8 Å². The summed E-state index contributed by atoms with van der Waals surface area (Å²) in [6, 6.07) is 14.2. The van der Waals surface area contributed by atoms with Crippen LogP contribution >= 0.6 is 0 Å². The van der Waals surface area contributed by atoms with E-state index in [1.807, 2.05) is 24.3 Å². The van der Waals surface area contributed by atoms with Crippen LogP contribution in [0.4, 0.5) is 0 Å². The Morgan fingerprint density at radius 2 is 1.85 bits per heavy atom. The maximum Gasteiger partial charge on any atom is 0.333 e. The standard InChI is InChI=1S/C22H26O4/c1-16(2)22(24)26-13-4-5-19-15-17(3)6-11-21(19)18-7-9-20(10-8-18)25-14-12-23/h6-11,15,23H,1,4-5,12-14H2,2-3H3. The molecule has 0 bridgehead atoms. The third kappa shape index (κ3) is 5.74. The van der Waals surface area contributed by atoms with Gasteiger partial charge >= 0.3 is 5.97 Å². The molecule has 4 heteroatoms. The van der Waals surface area contributed by atoms with Crippen molar-refractivity contribution in [1.29, 1.82) is 0 Å². The molecule has 138 valence electrons. The van der Waals surface area contributed by atoms with E-state index in [0.717, 1.165) is 29.7 Å². The quantitative estimate of drug-likeness (QED) is 0.419. The highest BCUT2D eigenvalue weighted by molar-refractivity contribution is 5.86. The second-order valence-electron chi connectivity index (χ2n) is 6.28. The number of esters is 1. The number of hydrogen-bond acceptors (Lipinski definition) is 4. The predicted octanol–water partition coefficient (Wildman–Crippen LogP) is 4.09. The van der Waals surface area contributed by atoms with Crippen LogP contribution in [0, 0.1) is 6.92 Å². The van der Waals surface area contributed by atoms with Gasteiger partial charge in [0.25, 0.3) is 0 Å². The third-order valence-electron chi connectivity index (χ3n) is 3.96. The molecule has 0 atom stereocenters. The Balaban J connectivity index is 2.07. The van der Waals surface area contributed by atoms with Gasteiger partial charge in [0.1, 0.15) is 12.4 Å². The first kappa shape index (κ1) is 19.7. The number of hydrogen-bond donors (Lipinski definition) is 1. The number of aryl methyl sites for hydroxylation is 2. The zero-order chi connectivity index (χ0) is 18.9. The Morgan fingerprint density at radius 3 is 2.50 bits per heavy atom. The fourth-order valence-electron chi connectivity index (χ4n) is 2.66. The van der Waals surface area contributed by atoms with Crippen molar-refractivity contribution < 1.29 is 19.4 Å². The van der Waals surface area contributed by atoms with E-state index in [1.54, 1.807) is 6.92 Å². The van der Waals surface area contributed by atoms with Gasteiger partial charge in [0.05, 0.1) is 13.2 Å². The Labute approximate surface area is 155 Å². The van der Waals surface area contributed by atoms with E-state index in [0.29, 0.717) is 12.2 Å². The molecule has 0 spiro atoms. The molecule has 1 N–H and O–H groups in total. The van der Waals surface area contributed by atoms with Crippen molar-refractivity contribution in [2.24, 2.45) is 0 Å². The maximum atomic E-state index is 11.5. The Hall–Kier alpha value is -2.59. The van der Waals surface area contributed by atoms with E-state index >= 15 is 0 Å². The Bertz CT molecular complexity index is 747. The van der Waals surface area contributed by atoms with Crippen LogP contribution in [-0.2, 0) is 16.0 Å². The number of benzene rings is 2. The van der Waals surface area contributed by atoms with Crippen molar-refractivity contribution >= 4 is 5.97 Å². The van der Waals surface area contributed by atoms with E-state index in [2.05, 4.69) is 31.7 Å². The van der Waals surface area contributed by atoms with Gasteiger partial charge in [-0.15, -0.1) is 0 Å². The molecule has 0 unspecified atom stereocenters. The molecule has 0 heterocycles. The van der Waals surface area contributed by atoms with Gasteiger partial charge in [-0.25, -0.2) is 4.79 Å². The second-order valence-corrected chi connectivity index (χ2v) is 6.28.